The highest BCUT2D eigenvalue weighted by Crippen LogP contribution is 2.37. The number of phenolic OH excluding ortho intramolecular Hbond substituents is 2. The molecule has 2 atom stereocenters. The van der Waals surface area contributed by atoms with Crippen molar-refractivity contribution in [2.45, 2.75) is 118 Å². The summed E-state index contributed by atoms with van der Waals surface area (Å²) < 4.78 is 64.9. The number of carbonyl (C=O) groups is 2. The van der Waals surface area contributed by atoms with E-state index in [0.717, 1.165) is 50.7 Å². The maximum atomic E-state index is 14.1. The van der Waals surface area contributed by atoms with Crippen LogP contribution < -0.4 is 14.9 Å². The number of hydrogen-bond acceptors (Lipinski definition) is 18. The van der Waals surface area contributed by atoms with Gasteiger partial charge < -0.3 is 58.5 Å². The molecule has 2 aromatic carbocycles. The summed E-state index contributed by atoms with van der Waals surface area (Å²) in [7, 11) is -1.70. The number of rotatable bonds is 10. The first-order valence-corrected chi connectivity index (χ1v) is 26.1. The van der Waals surface area contributed by atoms with Crippen molar-refractivity contribution in [3.63, 3.8) is 0 Å². The number of aromatic hydroxyl groups is 2. The van der Waals surface area contributed by atoms with Crippen molar-refractivity contribution in [1.29, 1.82) is 0 Å². The number of carbonyl (C=O) groups excluding carboxylic acids is 2. The Bertz CT molecular complexity index is 3090. The number of fused-ring (bicyclic) bond motifs is 2. The van der Waals surface area contributed by atoms with Gasteiger partial charge in [-0.05, 0) is 127 Å². The van der Waals surface area contributed by atoms with Crippen LogP contribution in [-0.2, 0) is 18.9 Å². The normalized spacial score (nSPS) is 18.8. The third-order valence-corrected chi connectivity index (χ3v) is 13.0. The molecule has 4 saturated heterocycles. The zero-order valence-corrected chi connectivity index (χ0v) is 45.7. The average Bonchev–Trinajstić information content (AvgIpc) is 4.00. The highest BCUT2D eigenvalue weighted by atomic mass is 35.5. The molecule has 6 aromatic rings. The van der Waals surface area contributed by atoms with Crippen LogP contribution in [0.4, 0.5) is 18.4 Å². The molecule has 0 spiro atoms. The number of halogens is 3. The standard InChI is InChI=1S/C26H32FN5O5.C20H28ClN5O4.C6H6BFO3/c1-25(2,3)37-24(34)31-13-26(4,14-31)15-36-23-17-12-28-32(20-7-5-6-10-35-20)22(17)29-21(30-23)16-8-9-19(33)18(27)11-16;1-19(2,3)30-18(27)25-10-20(4,11-25)12-29-16-13-9-22-26(14-7-5-6-8-28-14)15(13)23-17(21)24-16;8-5-3-4(7(10)11)1-2-6(5)9/h8-9,11-12,20,33H,5-7,10,13-15H2,1-4H3;9,14H,5-8,10-12H2,1-4H3;1-3,9-11H. The molecule has 4 N–H and O–H groups in total. The summed E-state index contributed by atoms with van der Waals surface area (Å²) in [4.78, 5) is 45.7. The van der Waals surface area contributed by atoms with Gasteiger partial charge in [0.05, 0.1) is 25.6 Å². The van der Waals surface area contributed by atoms with Gasteiger partial charge >= 0.3 is 19.3 Å². The SMILES string of the molecule is CC1(COc2nc(-c3ccc(O)c(F)c3)nc3c2cnn3C2CCCCO2)CN(C(=O)OC(C)(C)C)C1.CC1(COc2nc(Cl)nc3c2cnn3C2CCCCO2)CN(C(=O)OC(C)(C)C)C1.OB(O)c1ccc(O)c(F)c1. The minimum atomic E-state index is -1.70. The zero-order chi connectivity index (χ0) is 56.3. The summed E-state index contributed by atoms with van der Waals surface area (Å²) in [5.74, 6) is -1.64. The number of benzene rings is 2. The number of phenols is 2. The molecule has 0 aliphatic carbocycles. The van der Waals surface area contributed by atoms with Crippen molar-refractivity contribution in [2.24, 2.45) is 10.8 Å². The molecule has 4 fully saturated rings. The number of aromatic nitrogens is 8. The minimum Gasteiger partial charge on any atom is -0.505 e. The van der Waals surface area contributed by atoms with Crippen LogP contribution >= 0.6 is 11.6 Å². The van der Waals surface area contributed by atoms with Gasteiger partial charge in [-0.1, -0.05) is 19.9 Å². The van der Waals surface area contributed by atoms with Crippen LogP contribution in [0.25, 0.3) is 33.5 Å². The van der Waals surface area contributed by atoms with Crippen LogP contribution in [-0.4, -0.2) is 153 Å². The Morgan fingerprint density at radius 1 is 0.692 bits per heavy atom. The third-order valence-electron chi connectivity index (χ3n) is 12.9. The lowest BCUT2D eigenvalue weighted by Crippen LogP contribution is -2.60. The Labute approximate surface area is 454 Å². The van der Waals surface area contributed by atoms with E-state index in [1.165, 1.54) is 18.2 Å². The molecule has 2 amide bonds. The Kier molecular flexibility index (Phi) is 17.2. The number of nitrogens with zero attached hydrogens (tertiary/aromatic N) is 10. The van der Waals surface area contributed by atoms with E-state index in [0.29, 0.717) is 92.0 Å². The van der Waals surface area contributed by atoms with E-state index in [9.17, 15) is 23.5 Å². The molecule has 78 heavy (non-hydrogen) atoms. The summed E-state index contributed by atoms with van der Waals surface area (Å²) in [5.41, 5.74) is -0.0140. The monoisotopic (exact) mass is 1110 g/mol. The second-order valence-electron chi connectivity index (χ2n) is 22.6. The lowest BCUT2D eigenvalue weighted by atomic mass is 9.80. The van der Waals surface area contributed by atoms with Crippen molar-refractivity contribution in [1.82, 2.24) is 49.3 Å². The lowest BCUT2D eigenvalue weighted by Gasteiger charge is -2.47. The van der Waals surface area contributed by atoms with E-state index < -0.39 is 41.5 Å². The van der Waals surface area contributed by atoms with E-state index in [1.54, 1.807) is 37.6 Å². The van der Waals surface area contributed by atoms with E-state index in [4.69, 9.17) is 55.2 Å². The molecule has 4 aromatic heterocycles. The fourth-order valence-corrected chi connectivity index (χ4v) is 9.19. The van der Waals surface area contributed by atoms with Crippen LogP contribution in [0, 0.1) is 22.5 Å². The first-order valence-electron chi connectivity index (χ1n) is 25.7. The molecule has 420 valence electrons. The predicted molar refractivity (Wildman–Crippen MR) is 281 cm³/mol. The minimum absolute atomic E-state index is 0.0142. The maximum Gasteiger partial charge on any atom is 0.488 e. The summed E-state index contributed by atoms with van der Waals surface area (Å²) in [6.07, 6.45) is 8.12. The summed E-state index contributed by atoms with van der Waals surface area (Å²) in [6, 6.07) is 7.14. The summed E-state index contributed by atoms with van der Waals surface area (Å²) >= 11 is 6.16. The highest BCUT2D eigenvalue weighted by molar-refractivity contribution is 6.58. The Hall–Kier alpha value is -6.67. The molecule has 26 heteroatoms. The van der Waals surface area contributed by atoms with Crippen LogP contribution in [0.3, 0.4) is 0 Å². The molecule has 22 nitrogen and oxygen atoms in total. The van der Waals surface area contributed by atoms with E-state index >= 15 is 0 Å². The maximum absolute atomic E-state index is 14.1. The molecule has 0 bridgehead atoms. The lowest BCUT2D eigenvalue weighted by molar-refractivity contribution is -0.0436. The largest absolute Gasteiger partial charge is 0.505 e. The fourth-order valence-electron chi connectivity index (χ4n) is 9.04. The average molecular weight is 1110 g/mol. The molecule has 10 rings (SSSR count). The summed E-state index contributed by atoms with van der Waals surface area (Å²) in [5, 5.41) is 45.8. The van der Waals surface area contributed by atoms with Gasteiger partial charge in [0.1, 0.15) is 22.0 Å². The molecular weight excluding hydrogens is 1040 g/mol. The van der Waals surface area contributed by atoms with Crippen molar-refractivity contribution < 1.29 is 67.1 Å². The zero-order valence-electron chi connectivity index (χ0n) is 44.9. The van der Waals surface area contributed by atoms with Gasteiger partial charge in [-0.25, -0.2) is 32.7 Å². The summed E-state index contributed by atoms with van der Waals surface area (Å²) in [6.45, 7) is 19.3. The van der Waals surface area contributed by atoms with E-state index in [1.807, 2.05) is 48.5 Å². The number of likely N-dealkylation sites (tertiary alicyclic amines) is 2. The Morgan fingerprint density at radius 3 is 1.59 bits per heavy atom. The third kappa shape index (κ3) is 14.1. The molecular formula is C52H66BClF2N10O12. The Balaban J connectivity index is 0.000000175. The quantitative estimate of drug-likeness (QED) is 0.0756. The Morgan fingerprint density at radius 2 is 1.15 bits per heavy atom. The fraction of sp³-hybridized carbons (Fsp3) is 0.538. The van der Waals surface area contributed by atoms with Gasteiger partial charge in [-0.15, -0.1) is 0 Å². The smallest absolute Gasteiger partial charge is 0.488 e. The second kappa shape index (κ2) is 23.4. The van der Waals surface area contributed by atoms with Gasteiger partial charge in [0.25, 0.3) is 0 Å². The molecule has 0 radical (unpaired) electrons. The van der Waals surface area contributed by atoms with Gasteiger partial charge in [0.15, 0.2) is 52.7 Å². The number of ether oxygens (including phenoxy) is 6. The van der Waals surface area contributed by atoms with Gasteiger partial charge in [-0.2, -0.15) is 25.1 Å². The van der Waals surface area contributed by atoms with Crippen molar-refractivity contribution in [3.05, 3.63) is 65.7 Å². The van der Waals surface area contributed by atoms with Crippen molar-refractivity contribution in [3.8, 4) is 34.6 Å². The second-order valence-corrected chi connectivity index (χ2v) is 22.9. The molecule has 4 aliphatic heterocycles. The molecule has 2 unspecified atom stereocenters. The van der Waals surface area contributed by atoms with Gasteiger partial charge in [0.2, 0.25) is 17.0 Å². The van der Waals surface area contributed by atoms with Crippen LogP contribution in [0.5, 0.6) is 23.3 Å². The van der Waals surface area contributed by atoms with E-state index in [-0.39, 0.29) is 52.0 Å². The van der Waals surface area contributed by atoms with Gasteiger partial charge in [0, 0.05) is 55.8 Å². The van der Waals surface area contributed by atoms with Crippen LogP contribution in [0.2, 0.25) is 5.28 Å². The molecule has 0 saturated carbocycles. The van der Waals surface area contributed by atoms with Crippen LogP contribution in [0.15, 0.2) is 48.8 Å². The van der Waals surface area contributed by atoms with Crippen LogP contribution in [0.1, 0.15) is 106 Å². The number of hydrogen-bond donors (Lipinski definition) is 4. The highest BCUT2D eigenvalue weighted by Gasteiger charge is 2.45. The predicted octanol–water partition coefficient (Wildman–Crippen LogP) is 7.70. The number of amides is 2. The first kappa shape index (κ1) is 57.5. The molecule has 8 heterocycles. The van der Waals surface area contributed by atoms with Gasteiger partial charge in [-0.3, -0.25) is 0 Å². The topological polar surface area (TPSA) is 264 Å². The van der Waals surface area contributed by atoms with E-state index in [2.05, 4.69) is 37.1 Å². The first-order chi connectivity index (χ1) is 36.8. The molecule has 4 aliphatic rings. The van der Waals surface area contributed by atoms with Crippen molar-refractivity contribution in [2.75, 3.05) is 52.6 Å². The van der Waals surface area contributed by atoms with Crippen molar-refractivity contribution >= 4 is 58.4 Å².